The lowest BCUT2D eigenvalue weighted by Crippen LogP contribution is -2.50. The molecule has 3 fully saturated rings. The molecule has 1 N–H and O–H groups in total. The van der Waals surface area contributed by atoms with Gasteiger partial charge >= 0.3 is 0 Å². The van der Waals surface area contributed by atoms with Gasteiger partial charge in [-0.25, -0.2) is 0 Å². The molecule has 8 atom stereocenters. The van der Waals surface area contributed by atoms with E-state index in [4.69, 9.17) is 0 Å². The molecule has 1 heteroatoms. The van der Waals surface area contributed by atoms with E-state index in [9.17, 15) is 5.11 Å². The van der Waals surface area contributed by atoms with Crippen molar-refractivity contribution in [3.8, 4) is 0 Å². The van der Waals surface area contributed by atoms with Crippen molar-refractivity contribution in [3.63, 3.8) is 0 Å². The second-order valence-corrected chi connectivity index (χ2v) is 12.1. The Hall–Kier alpha value is -0.300. The van der Waals surface area contributed by atoms with E-state index >= 15 is 0 Å². The molecule has 4 rings (SSSR count). The van der Waals surface area contributed by atoms with Crippen molar-refractivity contribution >= 4 is 0 Å². The molecule has 3 saturated carbocycles. The van der Waals surface area contributed by atoms with Crippen LogP contribution < -0.4 is 0 Å². The first-order valence-corrected chi connectivity index (χ1v) is 13.2. The van der Waals surface area contributed by atoms with E-state index < -0.39 is 0 Å². The Morgan fingerprint density at radius 1 is 1.00 bits per heavy atom. The van der Waals surface area contributed by atoms with Gasteiger partial charge in [0.15, 0.2) is 0 Å². The predicted molar refractivity (Wildman–Crippen MR) is 124 cm³/mol. The van der Waals surface area contributed by atoms with E-state index in [0.29, 0.717) is 10.8 Å². The fraction of sp³-hybridized carbons (Fsp3) is 0.929. The van der Waals surface area contributed by atoms with E-state index in [2.05, 4.69) is 40.7 Å². The molecule has 0 heterocycles. The second kappa shape index (κ2) is 8.33. The highest BCUT2D eigenvalue weighted by atomic mass is 16.3. The van der Waals surface area contributed by atoms with Crippen LogP contribution in [0.1, 0.15) is 112 Å². The van der Waals surface area contributed by atoms with Crippen molar-refractivity contribution in [2.24, 2.45) is 46.3 Å². The molecule has 0 spiro atoms. The summed E-state index contributed by atoms with van der Waals surface area (Å²) in [5.41, 5.74) is 2.60. The van der Waals surface area contributed by atoms with Gasteiger partial charge in [0, 0.05) is 0 Å². The van der Waals surface area contributed by atoms with E-state index in [1.807, 2.05) is 0 Å². The fourth-order valence-corrected chi connectivity index (χ4v) is 9.01. The maximum Gasteiger partial charge on any atom is 0.0577 e. The third kappa shape index (κ3) is 3.66. The quantitative estimate of drug-likeness (QED) is 0.451. The summed E-state index contributed by atoms with van der Waals surface area (Å²) >= 11 is 0. The molecule has 5 unspecified atom stereocenters. The Kier molecular flexibility index (Phi) is 6.29. The normalized spacial score (nSPS) is 45.3. The van der Waals surface area contributed by atoms with Crippen molar-refractivity contribution in [3.05, 3.63) is 11.6 Å². The summed E-state index contributed by atoms with van der Waals surface area (Å²) in [6.45, 7) is 12.6. The molecule has 0 aromatic heterocycles. The minimum absolute atomic E-state index is 0.0773. The van der Waals surface area contributed by atoms with Crippen LogP contribution in [0.3, 0.4) is 0 Å². The van der Waals surface area contributed by atoms with Crippen LogP contribution in [0.5, 0.6) is 0 Å². The van der Waals surface area contributed by atoms with Gasteiger partial charge in [0.25, 0.3) is 0 Å². The molecule has 0 amide bonds. The first-order valence-electron chi connectivity index (χ1n) is 13.2. The van der Waals surface area contributed by atoms with Crippen LogP contribution >= 0.6 is 0 Å². The first-order chi connectivity index (χ1) is 13.8. The molecule has 0 radical (unpaired) electrons. The van der Waals surface area contributed by atoms with Gasteiger partial charge in [0.05, 0.1) is 6.10 Å². The Morgan fingerprint density at radius 2 is 1.76 bits per heavy atom. The summed E-state index contributed by atoms with van der Waals surface area (Å²) in [6.07, 6.45) is 18.5. The summed E-state index contributed by atoms with van der Waals surface area (Å²) in [6, 6.07) is 0. The van der Waals surface area contributed by atoms with Gasteiger partial charge in [-0.2, -0.15) is 0 Å². The van der Waals surface area contributed by atoms with Gasteiger partial charge in [-0.3, -0.25) is 0 Å². The molecule has 0 aliphatic heterocycles. The number of allylic oxidation sites excluding steroid dienone is 1. The Labute approximate surface area is 181 Å². The van der Waals surface area contributed by atoms with Gasteiger partial charge in [0.2, 0.25) is 0 Å². The molecule has 4 aliphatic carbocycles. The van der Waals surface area contributed by atoms with Crippen LogP contribution in [0, 0.1) is 46.3 Å². The highest BCUT2D eigenvalue weighted by molar-refractivity contribution is 5.25. The van der Waals surface area contributed by atoms with Gasteiger partial charge < -0.3 is 5.11 Å². The molecule has 1 nitrogen and oxygen atoms in total. The Morgan fingerprint density at radius 3 is 2.48 bits per heavy atom. The molecular weight excluding hydrogens is 352 g/mol. The molecule has 0 bridgehead atoms. The number of fused-ring (bicyclic) bond motifs is 5. The third-order valence-electron chi connectivity index (χ3n) is 11.0. The van der Waals surface area contributed by atoms with E-state index in [1.54, 1.807) is 5.57 Å². The Bertz CT molecular complexity index is 603. The van der Waals surface area contributed by atoms with Crippen LogP contribution in [0.4, 0.5) is 0 Å². The van der Waals surface area contributed by atoms with Crippen LogP contribution in [0.25, 0.3) is 0 Å². The molecule has 0 saturated heterocycles. The molecule has 0 aromatic rings. The van der Waals surface area contributed by atoms with Crippen LogP contribution in [-0.4, -0.2) is 11.2 Å². The van der Waals surface area contributed by atoms with Crippen LogP contribution in [0.2, 0.25) is 0 Å². The van der Waals surface area contributed by atoms with Crippen molar-refractivity contribution in [1.29, 1.82) is 0 Å². The molecule has 4 aliphatic rings. The first kappa shape index (κ1) is 21.9. The van der Waals surface area contributed by atoms with Crippen LogP contribution in [-0.2, 0) is 0 Å². The van der Waals surface area contributed by atoms with E-state index in [0.717, 1.165) is 48.3 Å². The highest BCUT2D eigenvalue weighted by Gasteiger charge is 2.59. The molecule has 0 aromatic carbocycles. The van der Waals surface area contributed by atoms with Gasteiger partial charge in [-0.05, 0) is 97.7 Å². The van der Waals surface area contributed by atoms with Gasteiger partial charge in [-0.1, -0.05) is 72.0 Å². The lowest BCUT2D eigenvalue weighted by Gasteiger charge is -2.58. The number of rotatable bonds is 6. The maximum atomic E-state index is 10.2. The fourth-order valence-electron chi connectivity index (χ4n) is 9.01. The van der Waals surface area contributed by atoms with E-state index in [1.165, 1.54) is 64.2 Å². The van der Waals surface area contributed by atoms with Crippen LogP contribution in [0.15, 0.2) is 11.6 Å². The van der Waals surface area contributed by atoms with Crippen molar-refractivity contribution < 1.29 is 5.11 Å². The zero-order chi connectivity index (χ0) is 20.8. The summed E-state index contributed by atoms with van der Waals surface area (Å²) < 4.78 is 0. The third-order valence-corrected chi connectivity index (χ3v) is 11.0. The van der Waals surface area contributed by atoms with Gasteiger partial charge in [0.1, 0.15) is 0 Å². The lowest BCUT2D eigenvalue weighted by molar-refractivity contribution is -0.0574. The smallest absolute Gasteiger partial charge is 0.0577 e. The molecule has 29 heavy (non-hydrogen) atoms. The zero-order valence-electron chi connectivity index (χ0n) is 20.1. The minimum atomic E-state index is -0.0773. The average Bonchev–Trinajstić information content (AvgIpc) is 3.06. The topological polar surface area (TPSA) is 20.2 Å². The zero-order valence-corrected chi connectivity index (χ0v) is 20.1. The number of aliphatic hydroxyl groups is 1. The summed E-state index contributed by atoms with van der Waals surface area (Å²) in [5.74, 6) is 5.54. The summed E-state index contributed by atoms with van der Waals surface area (Å²) in [7, 11) is 0. The lowest BCUT2D eigenvalue weighted by atomic mass is 9.47. The van der Waals surface area contributed by atoms with Crippen molar-refractivity contribution in [1.82, 2.24) is 0 Å². The minimum Gasteiger partial charge on any atom is -0.393 e. The van der Waals surface area contributed by atoms with E-state index in [-0.39, 0.29) is 6.10 Å². The van der Waals surface area contributed by atoms with Crippen molar-refractivity contribution in [2.45, 2.75) is 118 Å². The SMILES string of the molecule is CCC(CC)CCC(C)C1CCC2C3CC=C4C[C@@H](O)CC[C@]4(C)C3CC[C@]12C. The largest absolute Gasteiger partial charge is 0.393 e. The van der Waals surface area contributed by atoms with Crippen molar-refractivity contribution in [2.75, 3.05) is 0 Å². The average molecular weight is 401 g/mol. The number of hydrogen-bond acceptors (Lipinski definition) is 1. The summed E-state index contributed by atoms with van der Waals surface area (Å²) in [4.78, 5) is 0. The monoisotopic (exact) mass is 400 g/mol. The number of aliphatic hydroxyl groups excluding tert-OH is 1. The molecular formula is C28H48O. The number of hydrogen-bond donors (Lipinski definition) is 1. The summed E-state index contributed by atoms with van der Waals surface area (Å²) in [5, 5.41) is 10.2. The maximum absolute atomic E-state index is 10.2. The molecule has 166 valence electrons. The highest BCUT2D eigenvalue weighted by Crippen LogP contribution is 2.67. The predicted octanol–water partition coefficient (Wildman–Crippen LogP) is 7.78. The second-order valence-electron chi connectivity index (χ2n) is 12.1. The van der Waals surface area contributed by atoms with Gasteiger partial charge in [-0.15, -0.1) is 0 Å². The Balaban J connectivity index is 1.48. The standard InChI is InChI=1S/C28H48O/c1-6-20(7-2)9-8-19(3)24-12-13-25-23-11-10-21-18-22(29)14-16-27(21,4)26(23)15-17-28(24,25)5/h10,19-20,22-26,29H,6-9,11-18H2,1-5H3/t19?,22-,23?,24?,25?,26?,27-,28+/m0/s1.